The van der Waals surface area contributed by atoms with E-state index in [2.05, 4.69) is 10.3 Å². The maximum atomic E-state index is 13.1. The van der Waals surface area contributed by atoms with Crippen LogP contribution in [0.1, 0.15) is 31.7 Å². The van der Waals surface area contributed by atoms with Gasteiger partial charge in [0.2, 0.25) is 15.9 Å². The first kappa shape index (κ1) is 21.4. The van der Waals surface area contributed by atoms with Gasteiger partial charge >= 0.3 is 0 Å². The number of nitrogens with one attached hydrogen (secondary N) is 2. The van der Waals surface area contributed by atoms with E-state index < -0.39 is 10.0 Å². The summed E-state index contributed by atoms with van der Waals surface area (Å²) in [7, 11) is -3.67. The number of aromatic amines is 1. The molecule has 2 heterocycles. The second-order valence-electron chi connectivity index (χ2n) is 7.61. The number of sulfonamides is 1. The van der Waals surface area contributed by atoms with Crippen molar-refractivity contribution in [2.24, 2.45) is 0 Å². The zero-order valence-electron chi connectivity index (χ0n) is 17.6. The molecule has 0 radical (unpaired) electrons. The Morgan fingerprint density at radius 2 is 1.94 bits per heavy atom. The number of hydrogen-bond donors (Lipinski definition) is 2. The van der Waals surface area contributed by atoms with E-state index >= 15 is 0 Å². The van der Waals surface area contributed by atoms with Gasteiger partial charge in [-0.2, -0.15) is 4.31 Å². The Morgan fingerprint density at radius 3 is 2.71 bits per heavy atom. The van der Waals surface area contributed by atoms with Crippen molar-refractivity contribution >= 4 is 32.5 Å². The van der Waals surface area contributed by atoms with Gasteiger partial charge in [0.1, 0.15) is 10.6 Å². The predicted octanol–water partition coefficient (Wildman–Crippen LogP) is 3.92. The van der Waals surface area contributed by atoms with Crippen LogP contribution < -0.4 is 10.1 Å². The number of benzene rings is 2. The molecule has 1 saturated heterocycles. The number of rotatable bonds is 8. The van der Waals surface area contributed by atoms with E-state index in [4.69, 9.17) is 4.74 Å². The Labute approximate surface area is 182 Å². The van der Waals surface area contributed by atoms with E-state index in [0.29, 0.717) is 44.0 Å². The summed E-state index contributed by atoms with van der Waals surface area (Å²) in [6.07, 6.45) is 4.52. The Kier molecular flexibility index (Phi) is 6.29. The summed E-state index contributed by atoms with van der Waals surface area (Å²) < 4.78 is 33.2. The fraction of sp³-hybridized carbons (Fsp3) is 0.348. The number of carbonyl (C=O) groups excluding carboxylic acids is 1. The number of nitrogens with zero attached hydrogens (tertiary/aromatic N) is 1. The fourth-order valence-electron chi connectivity index (χ4n) is 3.94. The smallest absolute Gasteiger partial charge is 0.246 e. The molecule has 1 aliphatic rings. The minimum Gasteiger partial charge on any atom is -0.492 e. The Morgan fingerprint density at radius 1 is 1.16 bits per heavy atom. The highest BCUT2D eigenvalue weighted by Crippen LogP contribution is 2.31. The minimum atomic E-state index is -3.67. The third-order valence-corrected chi connectivity index (χ3v) is 7.43. The molecule has 8 heteroatoms. The average molecular weight is 442 g/mol. The zero-order valence-corrected chi connectivity index (χ0v) is 18.4. The van der Waals surface area contributed by atoms with E-state index in [1.54, 1.807) is 12.1 Å². The summed E-state index contributed by atoms with van der Waals surface area (Å²) in [5.74, 6) is 0.144. The van der Waals surface area contributed by atoms with E-state index in [0.717, 1.165) is 29.3 Å². The van der Waals surface area contributed by atoms with Gasteiger partial charge in [0, 0.05) is 42.3 Å². The van der Waals surface area contributed by atoms with Gasteiger partial charge in [-0.25, -0.2) is 8.42 Å². The molecule has 3 aromatic rings. The van der Waals surface area contributed by atoms with Crippen molar-refractivity contribution in [1.82, 2.24) is 9.29 Å². The molecule has 7 nitrogen and oxygen atoms in total. The highest BCUT2D eigenvalue weighted by molar-refractivity contribution is 7.89. The van der Waals surface area contributed by atoms with Crippen LogP contribution in [0.15, 0.2) is 53.6 Å². The molecule has 1 aliphatic heterocycles. The lowest BCUT2D eigenvalue weighted by Crippen LogP contribution is -2.28. The minimum absolute atomic E-state index is 0.102. The molecule has 1 aromatic heterocycles. The predicted molar refractivity (Wildman–Crippen MR) is 121 cm³/mol. The van der Waals surface area contributed by atoms with Gasteiger partial charge in [0.15, 0.2) is 0 Å². The van der Waals surface area contributed by atoms with Crippen LogP contribution >= 0.6 is 0 Å². The summed E-state index contributed by atoms with van der Waals surface area (Å²) >= 11 is 0. The Balaban J connectivity index is 1.49. The number of hydrogen-bond acceptors (Lipinski definition) is 4. The van der Waals surface area contributed by atoms with Crippen LogP contribution in [0.4, 0.5) is 5.69 Å². The van der Waals surface area contributed by atoms with E-state index in [1.165, 1.54) is 10.4 Å². The number of amides is 1. The summed E-state index contributed by atoms with van der Waals surface area (Å²) in [6, 6.07) is 12.8. The van der Waals surface area contributed by atoms with Crippen LogP contribution in [0.2, 0.25) is 0 Å². The van der Waals surface area contributed by atoms with E-state index in [9.17, 15) is 13.2 Å². The second-order valence-corrected chi connectivity index (χ2v) is 9.52. The third-order valence-electron chi connectivity index (χ3n) is 5.51. The van der Waals surface area contributed by atoms with Crippen molar-refractivity contribution in [2.75, 3.05) is 25.0 Å². The number of carbonyl (C=O) groups is 1. The lowest BCUT2D eigenvalue weighted by Gasteiger charge is -2.19. The molecule has 164 valence electrons. The first-order valence-corrected chi connectivity index (χ1v) is 12.0. The number of ether oxygens (including phenoxy) is 1. The molecule has 4 rings (SSSR count). The first-order valence-electron chi connectivity index (χ1n) is 10.6. The first-order chi connectivity index (χ1) is 15.0. The molecule has 0 bridgehead atoms. The summed E-state index contributed by atoms with van der Waals surface area (Å²) in [5, 5.41) is 3.94. The maximum absolute atomic E-state index is 13.1. The lowest BCUT2D eigenvalue weighted by atomic mass is 10.1. The standard InChI is InChI=1S/C23H27N3O4S/c1-2-30-21-11-10-18(15-22(21)31(28,29)26-13-5-6-14-26)25-23(27)12-9-17-16-24-20-8-4-3-7-19(17)20/h3-4,7-8,10-11,15-16,24H,2,5-6,9,12-14H2,1H3,(H,25,27). The van der Waals surface area contributed by atoms with Gasteiger partial charge in [0.05, 0.1) is 6.61 Å². The van der Waals surface area contributed by atoms with Crippen LogP contribution in [-0.4, -0.2) is 43.3 Å². The molecule has 0 aliphatic carbocycles. The topological polar surface area (TPSA) is 91.5 Å². The van der Waals surface area contributed by atoms with E-state index in [-0.39, 0.29) is 10.8 Å². The second kappa shape index (κ2) is 9.11. The molecule has 1 amide bonds. The van der Waals surface area contributed by atoms with Gasteiger partial charge in [-0.15, -0.1) is 0 Å². The molecule has 0 spiro atoms. The largest absolute Gasteiger partial charge is 0.492 e. The quantitative estimate of drug-likeness (QED) is 0.554. The van der Waals surface area contributed by atoms with Crippen LogP contribution in [0.25, 0.3) is 10.9 Å². The Hall–Kier alpha value is -2.84. The third kappa shape index (κ3) is 4.60. The molecule has 1 fully saturated rings. The molecule has 2 aromatic carbocycles. The van der Waals surface area contributed by atoms with Crippen LogP contribution in [0.3, 0.4) is 0 Å². The van der Waals surface area contributed by atoms with Crippen LogP contribution in [0, 0.1) is 0 Å². The monoisotopic (exact) mass is 441 g/mol. The molecule has 31 heavy (non-hydrogen) atoms. The number of H-pyrrole nitrogens is 1. The van der Waals surface area contributed by atoms with Crippen LogP contribution in [0.5, 0.6) is 5.75 Å². The van der Waals surface area contributed by atoms with Gasteiger partial charge in [-0.1, -0.05) is 18.2 Å². The number of aromatic nitrogens is 1. The zero-order chi connectivity index (χ0) is 21.8. The molecular formula is C23H27N3O4S. The molecule has 0 atom stereocenters. The van der Waals surface area contributed by atoms with Crippen molar-refractivity contribution in [2.45, 2.75) is 37.5 Å². The maximum Gasteiger partial charge on any atom is 0.246 e. The number of anilines is 1. The number of fused-ring (bicyclic) bond motifs is 1. The van der Waals surface area contributed by atoms with Gasteiger partial charge < -0.3 is 15.0 Å². The lowest BCUT2D eigenvalue weighted by molar-refractivity contribution is -0.116. The van der Waals surface area contributed by atoms with Crippen molar-refractivity contribution in [3.63, 3.8) is 0 Å². The van der Waals surface area contributed by atoms with Crippen molar-refractivity contribution in [3.05, 3.63) is 54.2 Å². The van der Waals surface area contributed by atoms with E-state index in [1.807, 2.05) is 37.4 Å². The summed E-state index contributed by atoms with van der Waals surface area (Å²) in [6.45, 7) is 3.19. The summed E-state index contributed by atoms with van der Waals surface area (Å²) in [4.78, 5) is 15.9. The van der Waals surface area contributed by atoms with Gasteiger partial charge in [-0.3, -0.25) is 4.79 Å². The van der Waals surface area contributed by atoms with Gasteiger partial charge in [0.25, 0.3) is 0 Å². The molecule has 2 N–H and O–H groups in total. The fourth-order valence-corrected chi connectivity index (χ4v) is 5.61. The van der Waals surface area contributed by atoms with Crippen molar-refractivity contribution < 1.29 is 17.9 Å². The highest BCUT2D eigenvalue weighted by Gasteiger charge is 2.30. The van der Waals surface area contributed by atoms with Gasteiger partial charge in [-0.05, 0) is 56.0 Å². The number of aryl methyl sites for hydroxylation is 1. The molecule has 0 unspecified atom stereocenters. The molecular weight excluding hydrogens is 414 g/mol. The number of para-hydroxylation sites is 1. The Bertz CT molecular complexity index is 1180. The van der Waals surface area contributed by atoms with Crippen molar-refractivity contribution in [3.8, 4) is 5.75 Å². The normalized spacial score (nSPS) is 14.7. The molecule has 0 saturated carbocycles. The van der Waals surface area contributed by atoms with Crippen molar-refractivity contribution in [1.29, 1.82) is 0 Å². The SMILES string of the molecule is CCOc1ccc(NC(=O)CCc2c[nH]c3ccccc23)cc1S(=O)(=O)N1CCCC1. The average Bonchev–Trinajstić information content (AvgIpc) is 3.44. The summed E-state index contributed by atoms with van der Waals surface area (Å²) in [5.41, 5.74) is 2.57. The highest BCUT2D eigenvalue weighted by atomic mass is 32.2. The van der Waals surface area contributed by atoms with Crippen LogP contribution in [-0.2, 0) is 21.2 Å².